The van der Waals surface area contributed by atoms with Crippen molar-refractivity contribution < 1.29 is 9.26 Å². The van der Waals surface area contributed by atoms with E-state index in [1.54, 1.807) is 0 Å². The molecule has 1 aromatic heterocycles. The Morgan fingerprint density at radius 3 is 3.05 bits per heavy atom. The zero-order valence-corrected chi connectivity index (χ0v) is 11.2. The Balaban J connectivity index is 1.67. The second-order valence-electron chi connectivity index (χ2n) is 4.60. The molecule has 2 aromatic rings. The number of rotatable bonds is 4. The van der Waals surface area contributed by atoms with Gasteiger partial charge in [0.05, 0.1) is 17.3 Å². The van der Waals surface area contributed by atoms with E-state index >= 15 is 0 Å². The molecule has 4 nitrogen and oxygen atoms in total. The maximum Gasteiger partial charge on any atom is 0.168 e. The van der Waals surface area contributed by atoms with Crippen molar-refractivity contribution in [1.82, 2.24) is 10.5 Å². The van der Waals surface area contributed by atoms with Crippen LogP contribution in [0, 0.1) is 0 Å². The van der Waals surface area contributed by atoms with Crippen LogP contribution in [-0.4, -0.2) is 24.4 Å². The number of halogens is 1. The summed E-state index contributed by atoms with van der Waals surface area (Å²) in [6.07, 6.45) is 1.05. The van der Waals surface area contributed by atoms with Crippen molar-refractivity contribution in [2.24, 2.45) is 0 Å². The third-order valence-electron chi connectivity index (χ3n) is 3.20. The van der Waals surface area contributed by atoms with Crippen LogP contribution in [0.4, 0.5) is 0 Å². The normalized spacial score (nSPS) is 18.9. The van der Waals surface area contributed by atoms with Gasteiger partial charge in [-0.15, -0.1) is 0 Å². The molecule has 0 radical (unpaired) electrons. The quantitative estimate of drug-likeness (QED) is 0.934. The second kappa shape index (κ2) is 5.74. The molecule has 1 N–H and O–H groups in total. The lowest BCUT2D eigenvalue weighted by Crippen LogP contribution is -2.28. The summed E-state index contributed by atoms with van der Waals surface area (Å²) >= 11 is 6.13. The molecule has 0 bridgehead atoms. The topological polar surface area (TPSA) is 47.3 Å². The molecule has 2 heterocycles. The molecule has 0 spiro atoms. The highest BCUT2D eigenvalue weighted by atomic mass is 35.5. The first-order valence-corrected chi connectivity index (χ1v) is 6.72. The van der Waals surface area contributed by atoms with E-state index in [0.29, 0.717) is 23.4 Å². The van der Waals surface area contributed by atoms with Crippen LogP contribution in [0.1, 0.15) is 12.1 Å². The van der Waals surface area contributed by atoms with Gasteiger partial charge in [-0.3, -0.25) is 0 Å². The second-order valence-corrected chi connectivity index (χ2v) is 5.01. The molecular weight excluding hydrogens is 264 g/mol. The van der Waals surface area contributed by atoms with Gasteiger partial charge in [-0.25, -0.2) is 0 Å². The number of ether oxygens (including phenoxy) is 1. The van der Waals surface area contributed by atoms with Gasteiger partial charge in [-0.05, 0) is 18.6 Å². The van der Waals surface area contributed by atoms with E-state index in [-0.39, 0.29) is 0 Å². The van der Waals surface area contributed by atoms with Gasteiger partial charge in [0.15, 0.2) is 5.76 Å². The number of hydrogen-bond donors (Lipinski definition) is 1. The highest BCUT2D eigenvalue weighted by Gasteiger charge is 2.16. The van der Waals surface area contributed by atoms with Gasteiger partial charge < -0.3 is 14.6 Å². The Labute approximate surface area is 116 Å². The number of nitrogens with zero attached hydrogens (tertiary/aromatic N) is 1. The maximum atomic E-state index is 6.13. The fraction of sp³-hybridized carbons (Fsp3) is 0.357. The largest absolute Gasteiger partial charge is 0.380 e. The van der Waals surface area contributed by atoms with E-state index in [4.69, 9.17) is 20.9 Å². The van der Waals surface area contributed by atoms with Crippen LogP contribution in [0.5, 0.6) is 0 Å². The predicted octanol–water partition coefficient (Wildman–Crippen LogP) is 2.87. The van der Waals surface area contributed by atoms with Crippen molar-refractivity contribution in [3.05, 3.63) is 41.0 Å². The minimum Gasteiger partial charge on any atom is -0.380 e. The van der Waals surface area contributed by atoms with Crippen LogP contribution in [0.25, 0.3) is 11.3 Å². The van der Waals surface area contributed by atoms with Crippen molar-refractivity contribution >= 4 is 11.6 Å². The van der Waals surface area contributed by atoms with Crippen LogP contribution in [0.15, 0.2) is 34.9 Å². The predicted molar refractivity (Wildman–Crippen MR) is 73.0 cm³/mol. The van der Waals surface area contributed by atoms with E-state index < -0.39 is 0 Å². The molecule has 1 atom stereocenters. The van der Waals surface area contributed by atoms with Crippen LogP contribution >= 0.6 is 11.6 Å². The average molecular weight is 279 g/mol. The molecule has 1 saturated heterocycles. The lowest BCUT2D eigenvalue weighted by Gasteiger charge is -2.07. The van der Waals surface area contributed by atoms with Crippen molar-refractivity contribution in [1.29, 1.82) is 0 Å². The zero-order chi connectivity index (χ0) is 13.1. The van der Waals surface area contributed by atoms with Gasteiger partial charge in [-0.2, -0.15) is 0 Å². The summed E-state index contributed by atoms with van der Waals surface area (Å²) in [5, 5.41) is 8.12. The number of benzene rings is 1. The van der Waals surface area contributed by atoms with Gasteiger partial charge in [0.1, 0.15) is 0 Å². The monoisotopic (exact) mass is 278 g/mol. The first-order valence-electron chi connectivity index (χ1n) is 6.34. The van der Waals surface area contributed by atoms with Crippen LogP contribution in [-0.2, 0) is 11.3 Å². The summed E-state index contributed by atoms with van der Waals surface area (Å²) in [4.78, 5) is 0. The summed E-state index contributed by atoms with van der Waals surface area (Å²) < 4.78 is 10.7. The van der Waals surface area contributed by atoms with E-state index in [0.717, 1.165) is 30.9 Å². The van der Waals surface area contributed by atoms with E-state index in [1.165, 1.54) is 0 Å². The molecule has 19 heavy (non-hydrogen) atoms. The molecule has 5 heteroatoms. The fourth-order valence-corrected chi connectivity index (χ4v) is 2.36. The average Bonchev–Trinajstić information content (AvgIpc) is 3.08. The zero-order valence-electron chi connectivity index (χ0n) is 10.4. The smallest absolute Gasteiger partial charge is 0.168 e. The first kappa shape index (κ1) is 12.7. The molecule has 1 fully saturated rings. The summed E-state index contributed by atoms with van der Waals surface area (Å²) in [6, 6.07) is 9.92. The molecule has 1 aliphatic heterocycles. The molecule has 0 saturated carbocycles. The number of nitrogens with one attached hydrogen (secondary N) is 1. The van der Waals surface area contributed by atoms with Crippen molar-refractivity contribution in [3.8, 4) is 11.3 Å². The minimum atomic E-state index is 0.417. The number of hydrogen-bond acceptors (Lipinski definition) is 4. The van der Waals surface area contributed by atoms with Gasteiger partial charge in [0, 0.05) is 30.8 Å². The standard InChI is InChI=1S/C14H15ClN2O2/c15-13-4-2-1-3-12(13)14-7-11(17-19-14)8-16-10-5-6-18-9-10/h1-4,7,10,16H,5-6,8-9H2/t10-/m1/s1. The Bertz CT molecular complexity index is 550. The van der Waals surface area contributed by atoms with Crippen molar-refractivity contribution in [2.45, 2.75) is 19.0 Å². The summed E-state index contributed by atoms with van der Waals surface area (Å²) in [7, 11) is 0. The summed E-state index contributed by atoms with van der Waals surface area (Å²) in [5.74, 6) is 0.699. The van der Waals surface area contributed by atoms with Crippen LogP contribution < -0.4 is 5.32 Å². The third-order valence-corrected chi connectivity index (χ3v) is 3.53. The Morgan fingerprint density at radius 1 is 1.37 bits per heavy atom. The van der Waals surface area contributed by atoms with E-state index in [2.05, 4.69) is 10.5 Å². The molecule has 0 amide bonds. The first-order chi connectivity index (χ1) is 9.33. The highest BCUT2D eigenvalue weighted by Crippen LogP contribution is 2.27. The highest BCUT2D eigenvalue weighted by molar-refractivity contribution is 6.33. The van der Waals surface area contributed by atoms with Crippen molar-refractivity contribution in [2.75, 3.05) is 13.2 Å². The Kier molecular flexibility index (Phi) is 3.82. The van der Waals surface area contributed by atoms with E-state index in [1.807, 2.05) is 30.3 Å². The lowest BCUT2D eigenvalue weighted by molar-refractivity contribution is 0.189. The van der Waals surface area contributed by atoms with Gasteiger partial charge >= 0.3 is 0 Å². The summed E-state index contributed by atoms with van der Waals surface area (Å²) in [5.41, 5.74) is 1.74. The molecule has 1 aliphatic rings. The van der Waals surface area contributed by atoms with Crippen molar-refractivity contribution in [3.63, 3.8) is 0 Å². The molecule has 0 aliphatic carbocycles. The molecule has 100 valence electrons. The van der Waals surface area contributed by atoms with Gasteiger partial charge in [0.2, 0.25) is 0 Å². The fourth-order valence-electron chi connectivity index (χ4n) is 2.13. The Hall–Kier alpha value is -1.36. The SMILES string of the molecule is Clc1ccccc1-c1cc(CN[C@@H]2CCOC2)no1. The number of aromatic nitrogens is 1. The van der Waals surface area contributed by atoms with E-state index in [9.17, 15) is 0 Å². The van der Waals surface area contributed by atoms with Crippen LogP contribution in [0.2, 0.25) is 5.02 Å². The maximum absolute atomic E-state index is 6.13. The summed E-state index contributed by atoms with van der Waals surface area (Å²) in [6.45, 7) is 2.29. The molecule has 1 aromatic carbocycles. The molecule has 0 unspecified atom stereocenters. The van der Waals surface area contributed by atoms with Crippen LogP contribution in [0.3, 0.4) is 0 Å². The third kappa shape index (κ3) is 2.97. The van der Waals surface area contributed by atoms with Gasteiger partial charge in [0.25, 0.3) is 0 Å². The van der Waals surface area contributed by atoms with Gasteiger partial charge in [-0.1, -0.05) is 28.9 Å². The lowest BCUT2D eigenvalue weighted by atomic mass is 10.1. The molecular formula is C14H15ClN2O2. The minimum absolute atomic E-state index is 0.417. The Morgan fingerprint density at radius 2 is 2.26 bits per heavy atom. The molecule has 3 rings (SSSR count).